The van der Waals surface area contributed by atoms with Crippen LogP contribution in [0.2, 0.25) is 5.15 Å². The van der Waals surface area contributed by atoms with Gasteiger partial charge in [0.2, 0.25) is 5.95 Å². The SMILES string of the molecule is CCCn1c(N)nc2nc(C)nc(Cl)c21. The standard InChI is InChI=1S/C9H12ClN5/c1-3-4-15-6-7(10)12-5(2)13-8(6)14-9(15)11/h3-4H2,1-2H3,(H2,11,12,13,14). The molecule has 0 amide bonds. The molecular formula is C9H12ClN5. The van der Waals surface area contributed by atoms with E-state index < -0.39 is 0 Å². The summed E-state index contributed by atoms with van der Waals surface area (Å²) in [5, 5.41) is 0.412. The number of nitrogen functional groups attached to an aromatic ring is 1. The second-order valence-electron chi connectivity index (χ2n) is 3.36. The first-order valence-corrected chi connectivity index (χ1v) is 5.17. The van der Waals surface area contributed by atoms with E-state index in [1.54, 1.807) is 6.92 Å². The van der Waals surface area contributed by atoms with Crippen LogP contribution in [-0.4, -0.2) is 19.5 Å². The Bertz CT molecular complexity index is 505. The van der Waals surface area contributed by atoms with Gasteiger partial charge in [0.1, 0.15) is 11.3 Å². The second kappa shape index (κ2) is 3.66. The number of hydrogen-bond donors (Lipinski definition) is 1. The monoisotopic (exact) mass is 225 g/mol. The molecule has 0 spiro atoms. The molecule has 0 aliphatic heterocycles. The van der Waals surface area contributed by atoms with Crippen molar-refractivity contribution in [3.8, 4) is 0 Å². The summed E-state index contributed by atoms with van der Waals surface area (Å²) in [5.74, 6) is 1.04. The molecule has 0 aromatic carbocycles. The van der Waals surface area contributed by atoms with E-state index in [2.05, 4.69) is 21.9 Å². The first-order valence-electron chi connectivity index (χ1n) is 4.79. The van der Waals surface area contributed by atoms with Crippen LogP contribution in [0.1, 0.15) is 19.2 Å². The predicted octanol–water partition coefficient (Wildman–Crippen LogP) is 1.78. The van der Waals surface area contributed by atoms with Crippen LogP contribution < -0.4 is 5.73 Å². The van der Waals surface area contributed by atoms with Crippen LogP contribution >= 0.6 is 11.6 Å². The average Bonchev–Trinajstić information content (AvgIpc) is 2.43. The zero-order chi connectivity index (χ0) is 11.0. The fraction of sp³-hybridized carbons (Fsp3) is 0.444. The van der Waals surface area contributed by atoms with Gasteiger partial charge in [-0.15, -0.1) is 0 Å². The molecule has 0 aliphatic carbocycles. The minimum absolute atomic E-state index is 0.412. The molecule has 2 N–H and O–H groups in total. The third kappa shape index (κ3) is 1.63. The van der Waals surface area contributed by atoms with Gasteiger partial charge >= 0.3 is 0 Å². The number of nitrogens with zero attached hydrogens (tertiary/aromatic N) is 4. The Morgan fingerprint density at radius 1 is 1.33 bits per heavy atom. The van der Waals surface area contributed by atoms with Crippen molar-refractivity contribution in [2.24, 2.45) is 0 Å². The van der Waals surface area contributed by atoms with Gasteiger partial charge in [0.05, 0.1) is 0 Å². The first kappa shape index (κ1) is 10.2. The highest BCUT2D eigenvalue weighted by Gasteiger charge is 2.13. The number of hydrogen-bond acceptors (Lipinski definition) is 4. The van der Waals surface area contributed by atoms with Crippen molar-refractivity contribution in [2.75, 3.05) is 5.73 Å². The zero-order valence-corrected chi connectivity index (χ0v) is 9.41. The summed E-state index contributed by atoms with van der Waals surface area (Å²) < 4.78 is 1.84. The number of rotatable bonds is 2. The van der Waals surface area contributed by atoms with Gasteiger partial charge in [0, 0.05) is 6.54 Å². The normalized spacial score (nSPS) is 11.1. The van der Waals surface area contributed by atoms with Gasteiger partial charge in [0.15, 0.2) is 10.8 Å². The molecule has 2 heterocycles. The summed E-state index contributed by atoms with van der Waals surface area (Å²) in [5.41, 5.74) is 7.08. The molecule has 0 atom stereocenters. The number of nitrogens with two attached hydrogens (primary N) is 1. The minimum Gasteiger partial charge on any atom is -0.369 e. The van der Waals surface area contributed by atoms with E-state index in [-0.39, 0.29) is 0 Å². The summed E-state index contributed by atoms with van der Waals surface area (Å²) in [7, 11) is 0. The highest BCUT2D eigenvalue weighted by Crippen LogP contribution is 2.23. The first-order chi connectivity index (χ1) is 7.13. The highest BCUT2D eigenvalue weighted by atomic mass is 35.5. The molecule has 0 fully saturated rings. The van der Waals surface area contributed by atoms with Crippen molar-refractivity contribution < 1.29 is 0 Å². The van der Waals surface area contributed by atoms with Crippen molar-refractivity contribution in [1.29, 1.82) is 0 Å². The second-order valence-corrected chi connectivity index (χ2v) is 3.71. The van der Waals surface area contributed by atoms with E-state index in [0.717, 1.165) is 18.5 Å². The molecule has 0 aliphatic rings. The Morgan fingerprint density at radius 2 is 2.07 bits per heavy atom. The van der Waals surface area contributed by atoms with Crippen LogP contribution in [0.25, 0.3) is 11.2 Å². The Morgan fingerprint density at radius 3 is 2.73 bits per heavy atom. The van der Waals surface area contributed by atoms with Gasteiger partial charge in [0.25, 0.3) is 0 Å². The maximum Gasteiger partial charge on any atom is 0.202 e. The lowest BCUT2D eigenvalue weighted by Crippen LogP contribution is -2.03. The molecule has 0 bridgehead atoms. The maximum atomic E-state index is 6.05. The molecule has 2 aromatic heterocycles. The van der Waals surface area contributed by atoms with E-state index >= 15 is 0 Å². The Balaban J connectivity index is 2.75. The van der Waals surface area contributed by atoms with E-state index in [4.69, 9.17) is 17.3 Å². The third-order valence-electron chi connectivity index (χ3n) is 2.15. The lowest BCUT2D eigenvalue weighted by Gasteiger charge is -2.04. The van der Waals surface area contributed by atoms with Crippen LogP contribution in [0.15, 0.2) is 0 Å². The summed E-state index contributed by atoms with van der Waals surface area (Å²) in [6.45, 7) is 4.61. The minimum atomic E-state index is 0.412. The number of imidazole rings is 1. The molecule has 80 valence electrons. The van der Waals surface area contributed by atoms with E-state index in [1.165, 1.54) is 0 Å². The van der Waals surface area contributed by atoms with Gasteiger partial charge in [-0.2, -0.15) is 4.98 Å². The van der Waals surface area contributed by atoms with Gasteiger partial charge in [-0.1, -0.05) is 18.5 Å². The quantitative estimate of drug-likeness (QED) is 0.791. The fourth-order valence-electron chi connectivity index (χ4n) is 1.56. The van der Waals surface area contributed by atoms with Crippen LogP contribution in [0.5, 0.6) is 0 Å². The highest BCUT2D eigenvalue weighted by molar-refractivity contribution is 6.33. The number of halogens is 1. The number of aryl methyl sites for hydroxylation is 2. The Labute approximate surface area is 92.3 Å². The van der Waals surface area contributed by atoms with Gasteiger partial charge in [-0.3, -0.25) is 0 Å². The Kier molecular flexibility index (Phi) is 2.48. The Hall–Kier alpha value is -1.36. The topological polar surface area (TPSA) is 69.6 Å². The van der Waals surface area contributed by atoms with Crippen molar-refractivity contribution in [2.45, 2.75) is 26.8 Å². The largest absolute Gasteiger partial charge is 0.369 e. The summed E-state index contributed by atoms with van der Waals surface area (Å²) in [6.07, 6.45) is 0.958. The molecule has 0 saturated carbocycles. The molecule has 0 radical (unpaired) electrons. The lowest BCUT2D eigenvalue weighted by atomic mass is 10.4. The van der Waals surface area contributed by atoms with Crippen LogP contribution in [-0.2, 0) is 6.54 Å². The van der Waals surface area contributed by atoms with E-state index in [9.17, 15) is 0 Å². The lowest BCUT2D eigenvalue weighted by molar-refractivity contribution is 0.706. The molecular weight excluding hydrogens is 214 g/mol. The number of fused-ring (bicyclic) bond motifs is 1. The van der Waals surface area contributed by atoms with Crippen LogP contribution in [0.4, 0.5) is 5.95 Å². The summed E-state index contributed by atoms with van der Waals surface area (Å²) in [4.78, 5) is 12.4. The van der Waals surface area contributed by atoms with Crippen LogP contribution in [0, 0.1) is 6.92 Å². The molecule has 15 heavy (non-hydrogen) atoms. The number of anilines is 1. The van der Waals surface area contributed by atoms with Gasteiger partial charge in [-0.05, 0) is 13.3 Å². The van der Waals surface area contributed by atoms with Gasteiger partial charge < -0.3 is 10.3 Å². The van der Waals surface area contributed by atoms with Crippen molar-refractivity contribution in [1.82, 2.24) is 19.5 Å². The van der Waals surface area contributed by atoms with Gasteiger partial charge in [-0.25, -0.2) is 9.97 Å². The molecule has 2 aromatic rings. The summed E-state index contributed by atoms with van der Waals surface area (Å²) in [6, 6.07) is 0. The van der Waals surface area contributed by atoms with Crippen molar-refractivity contribution in [3.63, 3.8) is 0 Å². The van der Waals surface area contributed by atoms with Crippen molar-refractivity contribution in [3.05, 3.63) is 11.0 Å². The molecule has 0 saturated heterocycles. The third-order valence-corrected chi connectivity index (χ3v) is 2.41. The molecule has 0 unspecified atom stereocenters. The maximum absolute atomic E-state index is 6.05. The van der Waals surface area contributed by atoms with E-state index in [1.807, 2.05) is 4.57 Å². The molecule has 6 heteroatoms. The molecule has 2 rings (SSSR count). The number of aromatic nitrogens is 4. The van der Waals surface area contributed by atoms with Crippen molar-refractivity contribution >= 4 is 28.7 Å². The smallest absolute Gasteiger partial charge is 0.202 e. The summed E-state index contributed by atoms with van der Waals surface area (Å²) >= 11 is 6.05. The molecule has 5 nitrogen and oxygen atoms in total. The zero-order valence-electron chi connectivity index (χ0n) is 8.66. The average molecular weight is 226 g/mol. The fourth-order valence-corrected chi connectivity index (χ4v) is 1.87. The predicted molar refractivity (Wildman–Crippen MR) is 59.8 cm³/mol. The van der Waals surface area contributed by atoms with Crippen LogP contribution in [0.3, 0.4) is 0 Å². The van der Waals surface area contributed by atoms with E-state index in [0.29, 0.717) is 22.6 Å².